The summed E-state index contributed by atoms with van der Waals surface area (Å²) < 4.78 is 0. The van der Waals surface area contributed by atoms with Crippen LogP contribution in [0.3, 0.4) is 0 Å². The van der Waals surface area contributed by atoms with Gasteiger partial charge in [0.2, 0.25) is 0 Å². The Morgan fingerprint density at radius 1 is 0.714 bits per heavy atom. The van der Waals surface area contributed by atoms with E-state index in [2.05, 4.69) is 53.4 Å². The lowest BCUT2D eigenvalue weighted by molar-refractivity contribution is 0.0697. The molecule has 0 saturated heterocycles. The zero-order chi connectivity index (χ0) is 19.3. The molecule has 0 amide bonds. The van der Waals surface area contributed by atoms with E-state index in [1.54, 1.807) is 30.3 Å². The summed E-state index contributed by atoms with van der Waals surface area (Å²) in [6, 6.07) is 29.0. The third-order valence-electron chi connectivity index (χ3n) is 3.93. The van der Waals surface area contributed by atoms with E-state index in [1.165, 1.54) is 11.1 Å². The van der Waals surface area contributed by atoms with Gasteiger partial charge in [-0.1, -0.05) is 78.9 Å². The van der Waals surface area contributed by atoms with Crippen molar-refractivity contribution in [2.45, 2.75) is 13.1 Å². The molecule has 0 fully saturated rings. The molecule has 28 heavy (non-hydrogen) atoms. The van der Waals surface area contributed by atoms with Crippen molar-refractivity contribution in [2.75, 3.05) is 13.2 Å². The quantitative estimate of drug-likeness (QED) is 0.614. The van der Waals surface area contributed by atoms with Crippen LogP contribution in [0.2, 0.25) is 0 Å². The fraction of sp³-hybridized carbons (Fsp3) is 0.174. The number of carboxylic acids is 1. The molecule has 0 unspecified atom stereocenters. The van der Waals surface area contributed by atoms with Crippen molar-refractivity contribution in [3.05, 3.63) is 108 Å². The lowest BCUT2D eigenvalue weighted by atomic mass is 10.1. The standard InChI is InChI=1S/C16H19NO.C7H6O2.ClH/c18-12-11-17(13-15-7-3-1-4-8-15)14-16-9-5-2-6-10-16;8-7(9)6-4-2-1-3-5-6;/h1-10,18H,11-14H2;1-5H,(H,8,9);1H. The van der Waals surface area contributed by atoms with Crippen LogP contribution in [0.15, 0.2) is 91.0 Å². The van der Waals surface area contributed by atoms with Gasteiger partial charge in [0.05, 0.1) is 12.2 Å². The van der Waals surface area contributed by atoms with E-state index in [0.29, 0.717) is 12.1 Å². The summed E-state index contributed by atoms with van der Waals surface area (Å²) in [6.07, 6.45) is 0. The highest BCUT2D eigenvalue weighted by Crippen LogP contribution is 2.09. The van der Waals surface area contributed by atoms with Gasteiger partial charge >= 0.3 is 5.97 Å². The van der Waals surface area contributed by atoms with Crippen LogP contribution in [-0.4, -0.2) is 34.2 Å². The Hall–Kier alpha value is -2.66. The zero-order valence-electron chi connectivity index (χ0n) is 15.6. The van der Waals surface area contributed by atoms with Gasteiger partial charge < -0.3 is 10.2 Å². The van der Waals surface area contributed by atoms with Crippen LogP contribution in [0, 0.1) is 0 Å². The van der Waals surface area contributed by atoms with Crippen molar-refractivity contribution in [1.82, 2.24) is 4.90 Å². The Morgan fingerprint density at radius 2 is 1.11 bits per heavy atom. The number of nitrogens with zero attached hydrogens (tertiary/aromatic N) is 1. The number of aromatic carboxylic acids is 1. The van der Waals surface area contributed by atoms with Crippen molar-refractivity contribution < 1.29 is 15.0 Å². The van der Waals surface area contributed by atoms with Crippen molar-refractivity contribution in [1.29, 1.82) is 0 Å². The molecule has 0 aromatic heterocycles. The van der Waals surface area contributed by atoms with Gasteiger partial charge in [0, 0.05) is 19.6 Å². The number of rotatable bonds is 7. The van der Waals surface area contributed by atoms with E-state index >= 15 is 0 Å². The molecular weight excluding hydrogens is 374 g/mol. The molecule has 3 aromatic rings. The van der Waals surface area contributed by atoms with Crippen LogP contribution in [0.25, 0.3) is 0 Å². The SMILES string of the molecule is Cl.O=C(O)c1ccccc1.OCCN(Cc1ccccc1)Cc1ccccc1. The van der Waals surface area contributed by atoms with Crippen molar-refractivity contribution in [2.24, 2.45) is 0 Å². The second-order valence-electron chi connectivity index (χ2n) is 6.08. The third kappa shape index (κ3) is 8.82. The molecule has 0 heterocycles. The predicted molar refractivity (Wildman–Crippen MR) is 115 cm³/mol. The lowest BCUT2D eigenvalue weighted by Gasteiger charge is -2.21. The van der Waals surface area contributed by atoms with Gasteiger partial charge in [-0.3, -0.25) is 4.90 Å². The van der Waals surface area contributed by atoms with E-state index in [1.807, 2.05) is 12.1 Å². The molecule has 148 valence electrons. The second kappa shape index (κ2) is 13.5. The van der Waals surface area contributed by atoms with Crippen LogP contribution in [0.1, 0.15) is 21.5 Å². The van der Waals surface area contributed by atoms with Crippen LogP contribution in [0.5, 0.6) is 0 Å². The number of carbonyl (C=O) groups is 1. The van der Waals surface area contributed by atoms with E-state index in [9.17, 15) is 4.79 Å². The third-order valence-corrected chi connectivity index (χ3v) is 3.93. The number of benzene rings is 3. The Bertz CT molecular complexity index is 741. The average molecular weight is 400 g/mol. The maximum Gasteiger partial charge on any atom is 0.335 e. The highest BCUT2D eigenvalue weighted by molar-refractivity contribution is 5.87. The molecule has 0 aliphatic rings. The zero-order valence-corrected chi connectivity index (χ0v) is 16.5. The summed E-state index contributed by atoms with van der Waals surface area (Å²) in [5.74, 6) is -0.879. The van der Waals surface area contributed by atoms with E-state index < -0.39 is 5.97 Å². The summed E-state index contributed by atoms with van der Waals surface area (Å²) in [5.41, 5.74) is 2.89. The summed E-state index contributed by atoms with van der Waals surface area (Å²) in [5, 5.41) is 17.5. The Labute approximate surface area is 172 Å². The van der Waals surface area contributed by atoms with E-state index in [4.69, 9.17) is 10.2 Å². The first kappa shape index (κ1) is 23.4. The molecule has 3 aromatic carbocycles. The molecule has 5 heteroatoms. The summed E-state index contributed by atoms with van der Waals surface area (Å²) in [7, 11) is 0. The topological polar surface area (TPSA) is 60.8 Å². The highest BCUT2D eigenvalue weighted by Gasteiger charge is 2.06. The Balaban J connectivity index is 0.000000332. The van der Waals surface area contributed by atoms with Crippen molar-refractivity contribution >= 4 is 18.4 Å². The molecule has 3 rings (SSSR count). The van der Waals surface area contributed by atoms with Crippen LogP contribution >= 0.6 is 12.4 Å². The van der Waals surface area contributed by atoms with Gasteiger partial charge in [0.1, 0.15) is 0 Å². The molecule has 0 bridgehead atoms. The molecule has 0 radical (unpaired) electrons. The number of aliphatic hydroxyl groups is 1. The molecule has 2 N–H and O–H groups in total. The minimum Gasteiger partial charge on any atom is -0.478 e. The number of hydrogen-bond donors (Lipinski definition) is 2. The number of hydrogen-bond acceptors (Lipinski definition) is 3. The smallest absolute Gasteiger partial charge is 0.335 e. The summed E-state index contributed by atoms with van der Waals surface area (Å²) >= 11 is 0. The molecule has 4 nitrogen and oxygen atoms in total. The van der Waals surface area contributed by atoms with E-state index in [-0.39, 0.29) is 19.0 Å². The lowest BCUT2D eigenvalue weighted by Crippen LogP contribution is -2.26. The van der Waals surface area contributed by atoms with Crippen LogP contribution in [0.4, 0.5) is 0 Å². The summed E-state index contributed by atoms with van der Waals surface area (Å²) in [4.78, 5) is 12.5. The first-order valence-electron chi connectivity index (χ1n) is 8.88. The molecule has 0 spiro atoms. The molecule has 0 saturated carbocycles. The fourth-order valence-corrected chi connectivity index (χ4v) is 2.62. The first-order chi connectivity index (χ1) is 13.2. The molecule has 0 aliphatic carbocycles. The van der Waals surface area contributed by atoms with Gasteiger partial charge in [0.15, 0.2) is 0 Å². The van der Waals surface area contributed by atoms with Gasteiger partial charge in [-0.15, -0.1) is 12.4 Å². The largest absolute Gasteiger partial charge is 0.478 e. The Morgan fingerprint density at radius 3 is 1.43 bits per heavy atom. The molecule has 0 aliphatic heterocycles. The maximum absolute atomic E-state index is 10.2. The number of halogens is 1. The van der Waals surface area contributed by atoms with Crippen molar-refractivity contribution in [3.63, 3.8) is 0 Å². The van der Waals surface area contributed by atoms with Gasteiger partial charge in [-0.25, -0.2) is 4.79 Å². The minimum absolute atomic E-state index is 0. The second-order valence-corrected chi connectivity index (χ2v) is 6.08. The predicted octanol–water partition coefficient (Wildman–Crippen LogP) is 4.49. The van der Waals surface area contributed by atoms with Gasteiger partial charge in [-0.05, 0) is 23.3 Å². The number of carboxylic acid groups (broad SMARTS) is 1. The number of aliphatic hydroxyl groups excluding tert-OH is 1. The highest BCUT2D eigenvalue weighted by atomic mass is 35.5. The monoisotopic (exact) mass is 399 g/mol. The maximum atomic E-state index is 10.2. The minimum atomic E-state index is -0.879. The molecule has 0 atom stereocenters. The van der Waals surface area contributed by atoms with Gasteiger partial charge in [0.25, 0.3) is 0 Å². The van der Waals surface area contributed by atoms with Crippen LogP contribution < -0.4 is 0 Å². The van der Waals surface area contributed by atoms with Crippen LogP contribution in [-0.2, 0) is 13.1 Å². The Kier molecular flexibility index (Phi) is 11.3. The van der Waals surface area contributed by atoms with E-state index in [0.717, 1.165) is 13.1 Å². The molecular formula is C23H26ClNO3. The average Bonchev–Trinajstić information content (AvgIpc) is 2.71. The first-order valence-corrected chi connectivity index (χ1v) is 8.88. The fourth-order valence-electron chi connectivity index (χ4n) is 2.62. The van der Waals surface area contributed by atoms with Crippen molar-refractivity contribution in [3.8, 4) is 0 Å². The summed E-state index contributed by atoms with van der Waals surface area (Å²) in [6.45, 7) is 2.63. The normalized spacial score (nSPS) is 9.79. The van der Waals surface area contributed by atoms with Gasteiger partial charge in [-0.2, -0.15) is 0 Å².